The number of amides is 4. The van der Waals surface area contributed by atoms with Gasteiger partial charge in [0.25, 0.3) is 0 Å². The van der Waals surface area contributed by atoms with E-state index < -0.39 is 11.9 Å². The van der Waals surface area contributed by atoms with Crippen LogP contribution < -0.4 is 20.9 Å². The van der Waals surface area contributed by atoms with Crippen molar-refractivity contribution in [3.05, 3.63) is 65.2 Å². The van der Waals surface area contributed by atoms with E-state index in [9.17, 15) is 24.0 Å². The molecule has 3 N–H and O–H groups in total. The molecule has 1 aliphatic rings. The highest BCUT2D eigenvalue weighted by Gasteiger charge is 2.23. The molecule has 1 atom stereocenters. The van der Waals surface area contributed by atoms with Crippen LogP contribution in [0, 0.1) is 5.92 Å². The highest BCUT2D eigenvalue weighted by atomic mass is 16.6. The van der Waals surface area contributed by atoms with Gasteiger partial charge in [-0.2, -0.15) is 0 Å². The Labute approximate surface area is 294 Å². The minimum Gasteiger partial charge on any atom is -0.379 e. The summed E-state index contributed by atoms with van der Waals surface area (Å²) in [4.78, 5) is 62.1. The molecule has 0 aromatic heterocycles. The Morgan fingerprint density at radius 1 is 0.680 bits per heavy atom. The van der Waals surface area contributed by atoms with Gasteiger partial charge in [-0.05, 0) is 41.5 Å². The Bertz CT molecular complexity index is 1370. The third kappa shape index (κ3) is 15.2. The topological polar surface area (TPSA) is 162 Å². The number of rotatable bonds is 23. The fraction of sp³-hybridized carbons (Fsp3) is 0.541. The van der Waals surface area contributed by atoms with Crippen LogP contribution in [0.1, 0.15) is 49.8 Å². The zero-order valence-corrected chi connectivity index (χ0v) is 29.3. The molecule has 0 bridgehead atoms. The molecule has 2 aromatic carbocycles. The standard InChI is InChI=1S/C37H52N4O9/c1-28(2)32(27-42)40-36(45)25-39-35(44)15-17-47-19-21-49-23-24-50-22-20-48-18-16-38-34(43)13-14-37(46)41-26-31-9-4-3-7-29(31)11-12-30-8-5-6-10-33(30)41/h3-10,27-28,32H,11-26H2,1-2H3,(H,38,43)(H,39,44)(H,40,45). The second-order valence-corrected chi connectivity index (χ2v) is 12.2. The predicted octanol–water partition coefficient (Wildman–Crippen LogP) is 2.13. The Kier molecular flexibility index (Phi) is 18.7. The van der Waals surface area contributed by atoms with Gasteiger partial charge >= 0.3 is 0 Å². The molecule has 0 spiro atoms. The number of aldehydes is 1. The van der Waals surface area contributed by atoms with Crippen LogP contribution >= 0.6 is 0 Å². The number of aryl methyl sites for hydroxylation is 2. The SMILES string of the molecule is CC(C)C(C=O)NC(=O)CNC(=O)CCOCCOCCOCCOCCNC(=O)CCC(=O)N1Cc2ccccc2CCc2ccccc21. The smallest absolute Gasteiger partial charge is 0.239 e. The average Bonchev–Trinajstić information content (AvgIpc) is 3.11. The monoisotopic (exact) mass is 696 g/mol. The summed E-state index contributed by atoms with van der Waals surface area (Å²) in [5.41, 5.74) is 4.43. The van der Waals surface area contributed by atoms with Crippen molar-refractivity contribution in [2.24, 2.45) is 5.92 Å². The molecule has 4 amide bonds. The van der Waals surface area contributed by atoms with Crippen LogP contribution in [0.4, 0.5) is 5.69 Å². The molecule has 0 fully saturated rings. The lowest BCUT2D eigenvalue weighted by molar-refractivity contribution is -0.128. The minimum atomic E-state index is -0.580. The summed E-state index contributed by atoms with van der Waals surface area (Å²) in [6, 6.07) is 15.6. The average molecular weight is 697 g/mol. The van der Waals surface area contributed by atoms with E-state index in [2.05, 4.69) is 34.1 Å². The molecule has 3 rings (SSSR count). The number of hydrogen-bond donors (Lipinski definition) is 3. The zero-order chi connectivity index (χ0) is 36.0. The number of anilines is 1. The second-order valence-electron chi connectivity index (χ2n) is 12.2. The van der Waals surface area contributed by atoms with Crippen LogP contribution in [0.25, 0.3) is 0 Å². The van der Waals surface area contributed by atoms with Crippen molar-refractivity contribution in [3.8, 4) is 0 Å². The molecule has 1 heterocycles. The number of fused-ring (bicyclic) bond motifs is 2. The first-order valence-electron chi connectivity index (χ1n) is 17.3. The van der Waals surface area contributed by atoms with E-state index in [0.717, 1.165) is 29.7 Å². The van der Waals surface area contributed by atoms with Crippen molar-refractivity contribution >= 4 is 35.6 Å². The molecular formula is C37H52N4O9. The van der Waals surface area contributed by atoms with Crippen LogP contribution in [0.3, 0.4) is 0 Å². The maximum Gasteiger partial charge on any atom is 0.239 e. The summed E-state index contributed by atoms with van der Waals surface area (Å²) in [5.74, 6) is -1.05. The van der Waals surface area contributed by atoms with Gasteiger partial charge in [-0.15, -0.1) is 0 Å². The van der Waals surface area contributed by atoms with Crippen molar-refractivity contribution in [2.75, 3.05) is 70.8 Å². The van der Waals surface area contributed by atoms with E-state index in [-0.39, 0.29) is 56.1 Å². The summed E-state index contributed by atoms with van der Waals surface area (Å²) in [6.45, 7) is 6.95. The Balaban J connectivity index is 1.13. The van der Waals surface area contributed by atoms with Crippen molar-refractivity contribution in [1.82, 2.24) is 16.0 Å². The molecule has 1 unspecified atom stereocenters. The molecule has 1 aliphatic heterocycles. The molecule has 0 saturated heterocycles. The van der Waals surface area contributed by atoms with Crippen LogP contribution in [-0.4, -0.2) is 102 Å². The van der Waals surface area contributed by atoms with Crippen molar-refractivity contribution < 1.29 is 42.9 Å². The Hall–Kier alpha value is -4.17. The molecule has 2 aromatic rings. The van der Waals surface area contributed by atoms with Crippen molar-refractivity contribution in [3.63, 3.8) is 0 Å². The number of nitrogens with one attached hydrogen (secondary N) is 3. The number of carbonyl (C=O) groups excluding carboxylic acids is 5. The Morgan fingerprint density at radius 2 is 1.24 bits per heavy atom. The first-order chi connectivity index (χ1) is 24.3. The van der Waals surface area contributed by atoms with E-state index in [4.69, 9.17) is 18.9 Å². The summed E-state index contributed by atoms with van der Waals surface area (Å²) < 4.78 is 21.8. The van der Waals surface area contributed by atoms with Gasteiger partial charge in [0, 0.05) is 31.5 Å². The normalized spacial score (nSPS) is 13.0. The molecule has 0 aliphatic carbocycles. The van der Waals surface area contributed by atoms with Crippen molar-refractivity contribution in [2.45, 2.75) is 58.5 Å². The maximum atomic E-state index is 13.3. The third-order valence-corrected chi connectivity index (χ3v) is 8.06. The molecule has 0 radical (unpaired) electrons. The first kappa shape index (κ1) is 40.3. The van der Waals surface area contributed by atoms with E-state index >= 15 is 0 Å². The van der Waals surface area contributed by atoms with Gasteiger partial charge < -0.3 is 44.6 Å². The number of ether oxygens (including phenoxy) is 4. The maximum absolute atomic E-state index is 13.3. The highest BCUT2D eigenvalue weighted by Crippen LogP contribution is 2.29. The minimum absolute atomic E-state index is 0.0299. The lowest BCUT2D eigenvalue weighted by Crippen LogP contribution is -2.45. The Morgan fingerprint density at radius 3 is 1.90 bits per heavy atom. The van der Waals surface area contributed by atoms with Gasteiger partial charge in [-0.3, -0.25) is 19.2 Å². The molecule has 274 valence electrons. The fourth-order valence-corrected chi connectivity index (χ4v) is 5.18. The van der Waals surface area contributed by atoms with Crippen molar-refractivity contribution in [1.29, 1.82) is 0 Å². The van der Waals surface area contributed by atoms with Crippen LogP contribution in [0.15, 0.2) is 48.5 Å². The predicted molar refractivity (Wildman–Crippen MR) is 187 cm³/mol. The molecule has 0 saturated carbocycles. The quantitative estimate of drug-likeness (QED) is 0.117. The summed E-state index contributed by atoms with van der Waals surface area (Å²) in [7, 11) is 0. The highest BCUT2D eigenvalue weighted by molar-refractivity contribution is 5.96. The molecule has 13 nitrogen and oxygen atoms in total. The summed E-state index contributed by atoms with van der Waals surface area (Å²) >= 11 is 0. The van der Waals surface area contributed by atoms with E-state index in [1.165, 1.54) is 5.56 Å². The third-order valence-electron chi connectivity index (χ3n) is 8.06. The number of carbonyl (C=O) groups is 5. The second kappa shape index (κ2) is 23.3. The fourth-order valence-electron chi connectivity index (χ4n) is 5.18. The lowest BCUT2D eigenvalue weighted by atomic mass is 9.95. The zero-order valence-electron chi connectivity index (χ0n) is 29.3. The molecular weight excluding hydrogens is 644 g/mol. The lowest BCUT2D eigenvalue weighted by Gasteiger charge is -2.29. The van der Waals surface area contributed by atoms with Gasteiger partial charge in [0.1, 0.15) is 6.29 Å². The number of nitrogens with zero attached hydrogens (tertiary/aromatic N) is 1. The van der Waals surface area contributed by atoms with Crippen LogP contribution in [0.2, 0.25) is 0 Å². The molecule has 13 heteroatoms. The molecule has 50 heavy (non-hydrogen) atoms. The van der Waals surface area contributed by atoms with Crippen LogP contribution in [-0.2, 0) is 62.3 Å². The summed E-state index contributed by atoms with van der Waals surface area (Å²) in [6.07, 6.45) is 2.79. The number of hydrogen-bond acceptors (Lipinski definition) is 9. The number of para-hydroxylation sites is 1. The van der Waals surface area contributed by atoms with Gasteiger partial charge in [0.05, 0.1) is 72.0 Å². The van der Waals surface area contributed by atoms with Gasteiger partial charge in [-0.1, -0.05) is 56.3 Å². The van der Waals surface area contributed by atoms with E-state index in [1.54, 1.807) is 4.90 Å². The van der Waals surface area contributed by atoms with Gasteiger partial charge in [-0.25, -0.2) is 0 Å². The van der Waals surface area contributed by atoms with E-state index in [0.29, 0.717) is 65.6 Å². The largest absolute Gasteiger partial charge is 0.379 e. The first-order valence-corrected chi connectivity index (χ1v) is 17.3. The summed E-state index contributed by atoms with van der Waals surface area (Å²) in [5, 5.41) is 7.86. The van der Waals surface area contributed by atoms with Gasteiger partial charge in [0.2, 0.25) is 23.6 Å². The van der Waals surface area contributed by atoms with Crippen LogP contribution in [0.5, 0.6) is 0 Å². The number of benzene rings is 2. The van der Waals surface area contributed by atoms with E-state index in [1.807, 2.05) is 44.2 Å². The van der Waals surface area contributed by atoms with Gasteiger partial charge in [0.15, 0.2) is 0 Å².